The van der Waals surface area contributed by atoms with Crippen LogP contribution in [0, 0.1) is 17.8 Å². The molecule has 3 aliphatic rings. The lowest BCUT2D eigenvalue weighted by molar-refractivity contribution is -0.143. The second-order valence-corrected chi connectivity index (χ2v) is 22.5. The predicted molar refractivity (Wildman–Crippen MR) is 244 cm³/mol. The number of alkyl halides is 6. The molecule has 0 saturated carbocycles. The summed E-state index contributed by atoms with van der Waals surface area (Å²) in [4.78, 5) is 29.8. The second-order valence-electron chi connectivity index (χ2n) is 18.2. The molecule has 5 aromatic rings. The Morgan fingerprint density at radius 1 is 0.773 bits per heavy atom. The normalized spacial score (nSPS) is 20.7. The second kappa shape index (κ2) is 18.2. The van der Waals surface area contributed by atoms with E-state index in [1.807, 2.05) is 103 Å². The quantitative estimate of drug-likeness (QED) is 0.0451. The van der Waals surface area contributed by atoms with E-state index in [1.54, 1.807) is 18.2 Å². The standard InChI is InChI=1S/C51H48BF6NO6Si/c1-49(2,3)66(40-18-9-5-10-19-40,41-20-11-6-12-21-41)64-31-35-26-42-46(48(62)59(47(42)61)38-28-36(50(53,54)55)27-37(29-38)51(56,57)58)43-30-52(63)65-44(45(35)43)23-22-34(33-15-7-4-8-16-33)24-32-14-13-17-39(60)25-32/h4-21,24-25,27-29,42-44,46,60,63H,22-23,26,30-31H2,1-3H3/b34-24-/t42-,43+,44-,46-/m1/s1. The lowest BCUT2D eigenvalue weighted by Crippen LogP contribution is -2.66. The molecule has 2 heterocycles. The summed E-state index contributed by atoms with van der Waals surface area (Å²) in [5, 5.41) is 23.2. The van der Waals surface area contributed by atoms with Gasteiger partial charge in [0.15, 0.2) is 0 Å². The van der Waals surface area contributed by atoms with Crippen molar-refractivity contribution in [2.45, 2.75) is 69.8 Å². The molecule has 2 saturated heterocycles. The monoisotopic (exact) mass is 923 g/mol. The fourth-order valence-electron chi connectivity index (χ4n) is 10.2. The van der Waals surface area contributed by atoms with Crippen molar-refractivity contribution in [3.63, 3.8) is 0 Å². The molecule has 342 valence electrons. The van der Waals surface area contributed by atoms with Crippen LogP contribution in [0.3, 0.4) is 0 Å². The Kier molecular flexibility index (Phi) is 12.9. The zero-order valence-corrected chi connectivity index (χ0v) is 37.4. The highest BCUT2D eigenvalue weighted by Crippen LogP contribution is 2.53. The van der Waals surface area contributed by atoms with Crippen molar-refractivity contribution >= 4 is 55.0 Å². The summed E-state index contributed by atoms with van der Waals surface area (Å²) in [6, 6.07) is 36.7. The Morgan fingerprint density at radius 3 is 1.89 bits per heavy atom. The van der Waals surface area contributed by atoms with Crippen LogP contribution in [-0.4, -0.2) is 50.1 Å². The van der Waals surface area contributed by atoms with E-state index in [1.165, 1.54) is 0 Å². The maximum Gasteiger partial charge on any atom is 0.455 e. The van der Waals surface area contributed by atoms with Crippen LogP contribution in [0.25, 0.3) is 11.6 Å². The molecule has 0 spiro atoms. The van der Waals surface area contributed by atoms with Crippen LogP contribution in [0.5, 0.6) is 5.75 Å². The first-order valence-corrected chi connectivity index (χ1v) is 23.7. The molecule has 2 amide bonds. The Labute approximate surface area is 380 Å². The van der Waals surface area contributed by atoms with Crippen molar-refractivity contribution in [2.24, 2.45) is 17.8 Å². The summed E-state index contributed by atoms with van der Waals surface area (Å²) in [5.41, 5.74) is -0.432. The number of carbonyl (C=O) groups excluding carboxylic acids is 2. The molecule has 0 unspecified atom stereocenters. The summed E-state index contributed by atoms with van der Waals surface area (Å²) in [5.74, 6) is -5.12. The predicted octanol–water partition coefficient (Wildman–Crippen LogP) is 10.3. The number of phenols is 1. The van der Waals surface area contributed by atoms with Gasteiger partial charge in [-0.3, -0.25) is 9.59 Å². The first-order chi connectivity index (χ1) is 31.3. The Morgan fingerprint density at radius 2 is 1.35 bits per heavy atom. The largest absolute Gasteiger partial charge is 0.508 e. The van der Waals surface area contributed by atoms with Gasteiger partial charge in [-0.25, -0.2) is 4.90 Å². The Bertz CT molecular complexity index is 2580. The van der Waals surface area contributed by atoms with Gasteiger partial charge in [0, 0.05) is 0 Å². The van der Waals surface area contributed by atoms with E-state index in [0.717, 1.165) is 27.1 Å². The third kappa shape index (κ3) is 9.18. The van der Waals surface area contributed by atoms with Crippen LogP contribution in [0.4, 0.5) is 32.0 Å². The molecule has 15 heteroatoms. The molecule has 4 atom stereocenters. The van der Waals surface area contributed by atoms with Crippen molar-refractivity contribution in [3.05, 3.63) is 167 Å². The van der Waals surface area contributed by atoms with E-state index >= 15 is 0 Å². The van der Waals surface area contributed by atoms with Gasteiger partial charge < -0.3 is 19.2 Å². The molecule has 2 fully saturated rings. The molecule has 2 N–H and O–H groups in total. The van der Waals surface area contributed by atoms with Gasteiger partial charge in [-0.1, -0.05) is 130 Å². The number of benzene rings is 5. The first kappa shape index (κ1) is 46.8. The number of aromatic hydroxyl groups is 1. The van der Waals surface area contributed by atoms with E-state index in [0.29, 0.717) is 34.6 Å². The summed E-state index contributed by atoms with van der Waals surface area (Å²) in [7, 11) is -4.69. The molecule has 0 radical (unpaired) electrons. The number of rotatable bonds is 11. The summed E-state index contributed by atoms with van der Waals surface area (Å²) in [6.45, 7) is 6.26. The highest BCUT2D eigenvalue weighted by atomic mass is 28.4. The molecule has 5 aromatic carbocycles. The third-order valence-electron chi connectivity index (χ3n) is 13.0. The van der Waals surface area contributed by atoms with E-state index in [4.69, 9.17) is 9.08 Å². The topological polar surface area (TPSA) is 96.3 Å². The van der Waals surface area contributed by atoms with Gasteiger partial charge in [-0.05, 0) is 105 Å². The number of anilines is 1. The minimum Gasteiger partial charge on any atom is -0.508 e. The van der Waals surface area contributed by atoms with Gasteiger partial charge in [-0.2, -0.15) is 26.3 Å². The van der Waals surface area contributed by atoms with Crippen molar-refractivity contribution in [1.29, 1.82) is 0 Å². The van der Waals surface area contributed by atoms with Crippen molar-refractivity contribution in [1.82, 2.24) is 0 Å². The smallest absolute Gasteiger partial charge is 0.455 e. The van der Waals surface area contributed by atoms with Gasteiger partial charge in [0.05, 0.1) is 41.4 Å². The highest BCUT2D eigenvalue weighted by Gasteiger charge is 2.59. The molecule has 0 aromatic heterocycles. The highest BCUT2D eigenvalue weighted by molar-refractivity contribution is 6.99. The number of phenolic OH excluding ortho intramolecular Hbond substituents is 1. The van der Waals surface area contributed by atoms with E-state index in [9.17, 15) is 46.1 Å². The molecule has 7 nitrogen and oxygen atoms in total. The van der Waals surface area contributed by atoms with Crippen LogP contribution in [0.15, 0.2) is 145 Å². The number of hydrogen-bond donors (Lipinski definition) is 2. The van der Waals surface area contributed by atoms with Crippen LogP contribution in [0.2, 0.25) is 11.4 Å². The first-order valence-electron chi connectivity index (χ1n) is 21.8. The lowest BCUT2D eigenvalue weighted by atomic mass is 9.58. The van der Waals surface area contributed by atoms with Gasteiger partial charge in [-0.15, -0.1) is 0 Å². The zero-order chi connectivity index (χ0) is 47.2. The van der Waals surface area contributed by atoms with Crippen molar-refractivity contribution in [2.75, 3.05) is 11.5 Å². The minimum absolute atomic E-state index is 0.0421. The molecule has 0 bridgehead atoms. The zero-order valence-electron chi connectivity index (χ0n) is 36.4. The van der Waals surface area contributed by atoms with Crippen molar-refractivity contribution in [3.8, 4) is 5.75 Å². The Hall–Kier alpha value is -5.74. The average molecular weight is 924 g/mol. The van der Waals surface area contributed by atoms with Crippen LogP contribution in [-0.2, 0) is 31.0 Å². The number of halogens is 6. The molecule has 2 aliphatic heterocycles. The number of hydrogen-bond acceptors (Lipinski definition) is 6. The number of nitrogens with zero attached hydrogens (tertiary/aromatic N) is 1. The number of amides is 2. The van der Waals surface area contributed by atoms with Gasteiger partial charge in [0.1, 0.15) is 5.75 Å². The fraction of sp³-hybridized carbons (Fsp3) is 0.294. The van der Waals surface area contributed by atoms with Crippen LogP contribution >= 0.6 is 0 Å². The summed E-state index contributed by atoms with van der Waals surface area (Å²) >= 11 is 0. The fourth-order valence-corrected chi connectivity index (χ4v) is 14.8. The van der Waals surface area contributed by atoms with E-state index < -0.39 is 85.3 Å². The van der Waals surface area contributed by atoms with Gasteiger partial charge in [0.25, 0.3) is 8.32 Å². The molecular weight excluding hydrogens is 875 g/mol. The summed E-state index contributed by atoms with van der Waals surface area (Å²) in [6.07, 6.45) is -8.99. The maximum absolute atomic E-state index is 14.7. The number of fused-ring (bicyclic) bond motifs is 3. The molecule has 1 aliphatic carbocycles. The van der Waals surface area contributed by atoms with Crippen molar-refractivity contribution < 1.29 is 55.1 Å². The third-order valence-corrected chi connectivity index (χ3v) is 18.0. The van der Waals surface area contributed by atoms with Gasteiger partial charge in [0.2, 0.25) is 11.8 Å². The number of carbonyl (C=O) groups is 2. The number of allylic oxidation sites excluding steroid dienone is 1. The number of imide groups is 1. The molecular formula is C51H48BF6NO6Si. The van der Waals surface area contributed by atoms with E-state index in [-0.39, 0.29) is 37.6 Å². The molecule has 8 rings (SSSR count). The molecule has 66 heavy (non-hydrogen) atoms. The minimum atomic E-state index is -5.22. The SMILES string of the molecule is CC(C)(C)[Si](OCC1=C2[C@@H](CC/C(=C/c3cccc(O)c3)c3ccccc3)OB(O)C[C@@H]2[C@@H]2C(=O)N(c3cc(C(F)(F)F)cc(C(F)(F)F)c3)C(=O)[C@@H]2C1)(c1ccccc1)c1ccccc1. The van der Waals surface area contributed by atoms with Crippen LogP contribution < -0.4 is 15.3 Å². The van der Waals surface area contributed by atoms with Crippen LogP contribution in [0.1, 0.15) is 62.3 Å². The van der Waals surface area contributed by atoms with Gasteiger partial charge >= 0.3 is 19.5 Å². The Balaban J connectivity index is 1.25. The maximum atomic E-state index is 14.7. The lowest BCUT2D eigenvalue weighted by Gasteiger charge is -2.46. The average Bonchev–Trinajstić information content (AvgIpc) is 3.53. The van der Waals surface area contributed by atoms with E-state index in [2.05, 4.69) is 20.8 Å². The summed E-state index contributed by atoms with van der Waals surface area (Å²) < 4.78 is 98.6.